The predicted octanol–water partition coefficient (Wildman–Crippen LogP) is 2.02. The number of hydrogen-bond donors (Lipinski definition) is 2. The Bertz CT molecular complexity index is 607. The summed E-state index contributed by atoms with van der Waals surface area (Å²) in [6.07, 6.45) is 2.49. The van der Waals surface area contributed by atoms with Crippen LogP contribution in [-0.2, 0) is 11.3 Å². The highest BCUT2D eigenvalue weighted by molar-refractivity contribution is 6.05. The number of aryl methyl sites for hydroxylation is 1. The van der Waals surface area contributed by atoms with Crippen molar-refractivity contribution in [2.24, 2.45) is 0 Å². The van der Waals surface area contributed by atoms with E-state index in [1.807, 2.05) is 0 Å². The summed E-state index contributed by atoms with van der Waals surface area (Å²) in [6, 6.07) is 5.29. The fourth-order valence-electron chi connectivity index (χ4n) is 1.84. The molecular weight excluding hydrogens is 277 g/mol. The number of carbonyl (C=O) groups is 1. The van der Waals surface area contributed by atoms with Crippen LogP contribution in [0.5, 0.6) is 5.75 Å². The number of aromatic hydroxyl groups is 1. The zero-order valence-electron chi connectivity index (χ0n) is 11.5. The van der Waals surface area contributed by atoms with Crippen molar-refractivity contribution in [2.45, 2.75) is 13.0 Å². The van der Waals surface area contributed by atoms with Crippen molar-refractivity contribution >= 4 is 11.7 Å². The summed E-state index contributed by atoms with van der Waals surface area (Å²) in [5.41, 5.74) is -0.397. The molecule has 0 atom stereocenters. The summed E-state index contributed by atoms with van der Waals surface area (Å²) in [4.78, 5) is 11.9. The molecule has 2 N–H and O–H groups in total. The van der Waals surface area contributed by atoms with Gasteiger partial charge in [0.1, 0.15) is 17.1 Å². The second kappa shape index (κ2) is 6.85. The first-order valence-corrected chi connectivity index (χ1v) is 6.43. The van der Waals surface area contributed by atoms with E-state index >= 15 is 0 Å². The fourth-order valence-corrected chi connectivity index (χ4v) is 1.84. The van der Waals surface area contributed by atoms with E-state index in [0.717, 1.165) is 12.5 Å². The van der Waals surface area contributed by atoms with Crippen LogP contribution in [0.4, 0.5) is 10.2 Å². The molecule has 21 heavy (non-hydrogen) atoms. The summed E-state index contributed by atoms with van der Waals surface area (Å²) in [5.74, 6) is -1.65. The predicted molar refractivity (Wildman–Crippen MR) is 74.7 cm³/mol. The van der Waals surface area contributed by atoms with Gasteiger partial charge in [-0.1, -0.05) is 6.07 Å². The Morgan fingerprint density at radius 2 is 2.29 bits per heavy atom. The van der Waals surface area contributed by atoms with Gasteiger partial charge in [-0.15, -0.1) is 0 Å². The van der Waals surface area contributed by atoms with Crippen LogP contribution in [0, 0.1) is 5.82 Å². The molecule has 0 bridgehead atoms. The van der Waals surface area contributed by atoms with E-state index in [1.165, 1.54) is 12.1 Å². The molecule has 0 saturated carbocycles. The van der Waals surface area contributed by atoms with Gasteiger partial charge in [-0.2, -0.15) is 5.10 Å². The number of anilines is 1. The maximum atomic E-state index is 13.6. The average Bonchev–Trinajstić information content (AvgIpc) is 2.86. The lowest BCUT2D eigenvalue weighted by Gasteiger charge is -2.05. The number of rotatable bonds is 6. The highest BCUT2D eigenvalue weighted by atomic mass is 19.1. The average molecular weight is 293 g/mol. The molecule has 1 aromatic heterocycles. The summed E-state index contributed by atoms with van der Waals surface area (Å²) in [6.45, 7) is 1.26. The van der Waals surface area contributed by atoms with Crippen molar-refractivity contribution in [3.05, 3.63) is 41.8 Å². The summed E-state index contributed by atoms with van der Waals surface area (Å²) in [7, 11) is 1.62. The number of phenolic OH excluding ortho intramolecular Hbond substituents is 1. The number of carbonyl (C=O) groups excluding carboxylic acids is 1. The molecule has 1 aromatic carbocycles. The van der Waals surface area contributed by atoms with Crippen LogP contribution in [-0.4, -0.2) is 34.5 Å². The zero-order chi connectivity index (χ0) is 15.2. The van der Waals surface area contributed by atoms with Gasteiger partial charge in [-0.05, 0) is 18.6 Å². The van der Waals surface area contributed by atoms with Crippen molar-refractivity contribution in [3.8, 4) is 5.75 Å². The number of methoxy groups -OCH3 is 1. The second-order valence-corrected chi connectivity index (χ2v) is 4.40. The Morgan fingerprint density at radius 3 is 3.00 bits per heavy atom. The Kier molecular flexibility index (Phi) is 4.89. The van der Waals surface area contributed by atoms with Crippen molar-refractivity contribution in [1.29, 1.82) is 0 Å². The van der Waals surface area contributed by atoms with Gasteiger partial charge in [0, 0.05) is 32.5 Å². The van der Waals surface area contributed by atoms with E-state index in [0.29, 0.717) is 19.0 Å². The molecule has 6 nitrogen and oxygen atoms in total. The fraction of sp³-hybridized carbons (Fsp3) is 0.286. The largest absolute Gasteiger partial charge is 0.507 e. The first kappa shape index (κ1) is 15.0. The third kappa shape index (κ3) is 3.79. The zero-order valence-corrected chi connectivity index (χ0v) is 11.5. The molecule has 2 aromatic rings. The van der Waals surface area contributed by atoms with Gasteiger partial charge < -0.3 is 15.2 Å². The number of phenols is 1. The molecule has 2 rings (SSSR count). The van der Waals surface area contributed by atoms with Gasteiger partial charge in [-0.25, -0.2) is 4.39 Å². The van der Waals surface area contributed by atoms with Crippen molar-refractivity contribution in [1.82, 2.24) is 9.78 Å². The third-order valence-corrected chi connectivity index (χ3v) is 2.84. The normalized spacial score (nSPS) is 10.6. The standard InChI is InChI=1S/C14H16FN3O3/c1-21-9-3-7-18-8-6-12(17-18)16-14(20)13-10(15)4-2-5-11(13)19/h2,4-6,8,19H,3,7,9H2,1H3,(H,16,17,20). The van der Waals surface area contributed by atoms with E-state index in [-0.39, 0.29) is 0 Å². The van der Waals surface area contributed by atoms with Gasteiger partial charge in [0.25, 0.3) is 5.91 Å². The molecule has 1 heterocycles. The second-order valence-electron chi connectivity index (χ2n) is 4.40. The van der Waals surface area contributed by atoms with Gasteiger partial charge in [-0.3, -0.25) is 9.48 Å². The van der Waals surface area contributed by atoms with Gasteiger partial charge >= 0.3 is 0 Å². The molecule has 0 aliphatic rings. The summed E-state index contributed by atoms with van der Waals surface area (Å²) < 4.78 is 20.1. The Hall–Kier alpha value is -2.41. The number of amides is 1. The van der Waals surface area contributed by atoms with Crippen molar-refractivity contribution in [3.63, 3.8) is 0 Å². The molecule has 112 valence electrons. The molecule has 0 saturated heterocycles. The molecule has 0 spiro atoms. The molecule has 0 unspecified atom stereocenters. The third-order valence-electron chi connectivity index (χ3n) is 2.84. The maximum Gasteiger partial charge on any atom is 0.263 e. The molecule has 0 aliphatic heterocycles. The van der Waals surface area contributed by atoms with E-state index in [4.69, 9.17) is 4.74 Å². The van der Waals surface area contributed by atoms with Crippen molar-refractivity contribution < 1.29 is 19.0 Å². The van der Waals surface area contributed by atoms with Crippen molar-refractivity contribution in [2.75, 3.05) is 19.0 Å². The van der Waals surface area contributed by atoms with Crippen LogP contribution in [0.15, 0.2) is 30.5 Å². The minimum atomic E-state index is -0.785. The first-order chi connectivity index (χ1) is 10.1. The first-order valence-electron chi connectivity index (χ1n) is 6.43. The quantitative estimate of drug-likeness (QED) is 0.799. The number of halogens is 1. The van der Waals surface area contributed by atoms with Crippen LogP contribution < -0.4 is 5.32 Å². The lowest BCUT2D eigenvalue weighted by Crippen LogP contribution is -2.14. The number of benzene rings is 1. The Morgan fingerprint density at radius 1 is 1.48 bits per heavy atom. The van der Waals surface area contributed by atoms with Crippen LogP contribution in [0.25, 0.3) is 0 Å². The minimum absolute atomic E-state index is 0.292. The van der Waals surface area contributed by atoms with Crippen LogP contribution in [0.2, 0.25) is 0 Å². The summed E-state index contributed by atoms with van der Waals surface area (Å²) >= 11 is 0. The van der Waals surface area contributed by atoms with E-state index in [1.54, 1.807) is 24.1 Å². The highest BCUT2D eigenvalue weighted by Crippen LogP contribution is 2.20. The Labute approximate surface area is 121 Å². The number of ether oxygens (including phenoxy) is 1. The van der Waals surface area contributed by atoms with Gasteiger partial charge in [0.2, 0.25) is 0 Å². The number of nitrogens with one attached hydrogen (secondary N) is 1. The number of aromatic nitrogens is 2. The topological polar surface area (TPSA) is 76.4 Å². The van der Waals surface area contributed by atoms with Crippen LogP contribution in [0.1, 0.15) is 16.8 Å². The lowest BCUT2D eigenvalue weighted by molar-refractivity contribution is 0.102. The van der Waals surface area contributed by atoms with Gasteiger partial charge in [0.05, 0.1) is 0 Å². The Balaban J connectivity index is 2.03. The lowest BCUT2D eigenvalue weighted by atomic mass is 10.2. The monoisotopic (exact) mass is 293 g/mol. The summed E-state index contributed by atoms with van der Waals surface area (Å²) in [5, 5.41) is 16.1. The van der Waals surface area contributed by atoms with E-state index in [9.17, 15) is 14.3 Å². The van der Waals surface area contributed by atoms with Crippen LogP contribution in [0.3, 0.4) is 0 Å². The van der Waals surface area contributed by atoms with Crippen LogP contribution >= 0.6 is 0 Å². The van der Waals surface area contributed by atoms with Gasteiger partial charge in [0.15, 0.2) is 5.82 Å². The number of nitrogens with zero attached hydrogens (tertiary/aromatic N) is 2. The molecule has 0 fully saturated rings. The molecule has 0 radical (unpaired) electrons. The number of hydrogen-bond acceptors (Lipinski definition) is 4. The minimum Gasteiger partial charge on any atom is -0.507 e. The van der Waals surface area contributed by atoms with E-state index < -0.39 is 23.0 Å². The SMILES string of the molecule is COCCCn1ccc(NC(=O)c2c(O)cccc2F)n1. The maximum absolute atomic E-state index is 13.6. The van der Waals surface area contributed by atoms with E-state index in [2.05, 4.69) is 10.4 Å². The highest BCUT2D eigenvalue weighted by Gasteiger charge is 2.17. The molecular formula is C14H16FN3O3. The molecule has 0 aliphatic carbocycles. The molecule has 7 heteroatoms. The molecule has 1 amide bonds. The smallest absolute Gasteiger partial charge is 0.263 e.